The Morgan fingerprint density at radius 3 is 2.81 bits per heavy atom. The van der Waals surface area contributed by atoms with Gasteiger partial charge in [0.2, 0.25) is 0 Å². The van der Waals surface area contributed by atoms with Gasteiger partial charge in [0, 0.05) is 66.9 Å². The number of benzene rings is 2. The maximum absolute atomic E-state index is 6.22. The van der Waals surface area contributed by atoms with E-state index in [1.807, 2.05) is 18.2 Å². The van der Waals surface area contributed by atoms with Crippen LogP contribution in [0, 0.1) is 0 Å². The van der Waals surface area contributed by atoms with Gasteiger partial charge in [0.1, 0.15) is 5.75 Å². The molecule has 0 spiro atoms. The number of aromatic nitrogens is 1. The molecule has 0 amide bonds. The first-order valence-electron chi connectivity index (χ1n) is 11.3. The fourth-order valence-electron chi connectivity index (χ4n) is 5.09. The number of fused-ring (bicyclic) bond motifs is 3. The molecule has 1 atom stereocenters. The van der Waals surface area contributed by atoms with Crippen molar-refractivity contribution in [1.29, 1.82) is 0 Å². The maximum atomic E-state index is 6.22. The number of hydrogen-bond acceptors (Lipinski definition) is 4. The van der Waals surface area contributed by atoms with Crippen molar-refractivity contribution in [3.8, 4) is 5.75 Å². The molecule has 2 N–H and O–H groups in total. The Morgan fingerprint density at radius 2 is 1.97 bits per heavy atom. The normalized spacial score (nSPS) is 19.5. The molecule has 0 radical (unpaired) electrons. The van der Waals surface area contributed by atoms with Gasteiger partial charge in [-0.3, -0.25) is 4.90 Å². The Labute approximate surface area is 189 Å². The molecule has 2 aromatic carbocycles. The third-order valence-electron chi connectivity index (χ3n) is 6.81. The second-order valence-corrected chi connectivity index (χ2v) is 9.10. The number of aromatic amines is 1. The molecule has 2 aliphatic rings. The van der Waals surface area contributed by atoms with Gasteiger partial charge in [0.15, 0.2) is 0 Å². The summed E-state index contributed by atoms with van der Waals surface area (Å²) < 4.78 is 5.53. The Balaban J connectivity index is 1.11. The molecule has 3 aromatic rings. The molecule has 1 aliphatic carbocycles. The molecular weight excluding hydrogens is 408 g/mol. The predicted molar refractivity (Wildman–Crippen MR) is 129 cm³/mol. The van der Waals surface area contributed by atoms with Crippen LogP contribution in [0.3, 0.4) is 0 Å². The molecule has 1 fully saturated rings. The van der Waals surface area contributed by atoms with Gasteiger partial charge in [0.05, 0.1) is 12.8 Å². The van der Waals surface area contributed by atoms with E-state index in [1.54, 1.807) is 7.11 Å². The van der Waals surface area contributed by atoms with Crippen LogP contribution in [0.5, 0.6) is 5.75 Å². The SMILES string of the molecule is COc1ccc(Cl)cc1N1CCN(CCNC2CCc3[nH]c4ccccc4c3C2)CC1. The van der Waals surface area contributed by atoms with E-state index in [-0.39, 0.29) is 0 Å². The third kappa shape index (κ3) is 4.40. The number of halogens is 1. The zero-order valence-corrected chi connectivity index (χ0v) is 18.9. The van der Waals surface area contributed by atoms with E-state index < -0.39 is 0 Å². The summed E-state index contributed by atoms with van der Waals surface area (Å²) in [5, 5.41) is 5.98. The summed E-state index contributed by atoms with van der Waals surface area (Å²) in [6, 6.07) is 15.1. The van der Waals surface area contributed by atoms with Crippen LogP contribution < -0.4 is 15.0 Å². The van der Waals surface area contributed by atoms with Gasteiger partial charge in [0.25, 0.3) is 0 Å². The second-order valence-electron chi connectivity index (χ2n) is 8.67. The minimum Gasteiger partial charge on any atom is -0.495 e. The van der Waals surface area contributed by atoms with Crippen LogP contribution in [-0.4, -0.2) is 62.3 Å². The van der Waals surface area contributed by atoms with Crippen molar-refractivity contribution < 1.29 is 4.74 Å². The molecule has 1 aliphatic heterocycles. The van der Waals surface area contributed by atoms with Crippen LogP contribution in [0.2, 0.25) is 5.02 Å². The van der Waals surface area contributed by atoms with E-state index in [1.165, 1.54) is 28.6 Å². The highest BCUT2D eigenvalue weighted by Crippen LogP contribution is 2.32. The zero-order valence-electron chi connectivity index (χ0n) is 18.2. The average Bonchev–Trinajstić information content (AvgIpc) is 3.18. The molecule has 164 valence electrons. The smallest absolute Gasteiger partial charge is 0.142 e. The van der Waals surface area contributed by atoms with Crippen molar-refractivity contribution in [3.63, 3.8) is 0 Å². The van der Waals surface area contributed by atoms with Crippen molar-refractivity contribution in [2.45, 2.75) is 25.3 Å². The Morgan fingerprint density at radius 1 is 1.13 bits per heavy atom. The molecule has 5 nitrogen and oxygen atoms in total. The Kier molecular flexibility index (Phi) is 6.08. The topological polar surface area (TPSA) is 43.5 Å². The molecule has 6 heteroatoms. The van der Waals surface area contributed by atoms with Crippen molar-refractivity contribution in [2.24, 2.45) is 0 Å². The number of aryl methyl sites for hydroxylation is 1. The van der Waals surface area contributed by atoms with E-state index in [0.717, 1.165) is 68.6 Å². The van der Waals surface area contributed by atoms with Crippen LogP contribution in [0.25, 0.3) is 10.9 Å². The Bertz CT molecular complexity index is 1040. The minimum absolute atomic E-state index is 0.573. The first-order valence-corrected chi connectivity index (χ1v) is 11.7. The van der Waals surface area contributed by atoms with Gasteiger partial charge in [-0.2, -0.15) is 0 Å². The van der Waals surface area contributed by atoms with Crippen molar-refractivity contribution in [1.82, 2.24) is 15.2 Å². The summed E-state index contributed by atoms with van der Waals surface area (Å²) in [4.78, 5) is 8.55. The fourth-order valence-corrected chi connectivity index (χ4v) is 5.26. The quantitative estimate of drug-likeness (QED) is 0.608. The highest BCUT2D eigenvalue weighted by Gasteiger charge is 2.23. The largest absolute Gasteiger partial charge is 0.495 e. The highest BCUT2D eigenvalue weighted by atomic mass is 35.5. The van der Waals surface area contributed by atoms with Crippen LogP contribution in [0.4, 0.5) is 5.69 Å². The van der Waals surface area contributed by atoms with Crippen LogP contribution in [0.15, 0.2) is 42.5 Å². The number of ether oxygens (including phenoxy) is 1. The first-order chi connectivity index (χ1) is 15.2. The molecule has 1 aromatic heterocycles. The number of nitrogens with zero attached hydrogens (tertiary/aromatic N) is 2. The lowest BCUT2D eigenvalue weighted by Crippen LogP contribution is -2.49. The number of hydrogen-bond donors (Lipinski definition) is 2. The maximum Gasteiger partial charge on any atom is 0.142 e. The highest BCUT2D eigenvalue weighted by molar-refractivity contribution is 6.30. The molecule has 31 heavy (non-hydrogen) atoms. The number of methoxy groups -OCH3 is 1. The van der Waals surface area contributed by atoms with Gasteiger partial charge in [-0.25, -0.2) is 0 Å². The van der Waals surface area contributed by atoms with E-state index in [4.69, 9.17) is 16.3 Å². The standard InChI is InChI=1S/C25H31ClN4O/c1-31-25-9-6-18(26)16-24(25)30-14-12-29(13-15-30)11-10-27-19-7-8-23-21(17-19)20-4-2-3-5-22(20)28-23/h2-6,9,16,19,27-28H,7-8,10-15,17H2,1H3. The number of para-hydroxylation sites is 1. The van der Waals surface area contributed by atoms with Gasteiger partial charge >= 0.3 is 0 Å². The number of piperazine rings is 1. The zero-order chi connectivity index (χ0) is 21.2. The molecule has 5 rings (SSSR count). The third-order valence-corrected chi connectivity index (χ3v) is 7.05. The van der Waals surface area contributed by atoms with E-state index in [9.17, 15) is 0 Å². The number of nitrogens with one attached hydrogen (secondary N) is 2. The van der Waals surface area contributed by atoms with Crippen molar-refractivity contribution in [2.75, 3.05) is 51.3 Å². The minimum atomic E-state index is 0.573. The monoisotopic (exact) mass is 438 g/mol. The summed E-state index contributed by atoms with van der Waals surface area (Å²) in [6.45, 7) is 6.27. The molecular formula is C25H31ClN4O. The van der Waals surface area contributed by atoms with Gasteiger partial charge in [-0.05, 0) is 49.1 Å². The average molecular weight is 439 g/mol. The predicted octanol–water partition coefficient (Wildman–Crippen LogP) is 4.10. The molecule has 1 unspecified atom stereocenters. The van der Waals surface area contributed by atoms with Crippen LogP contribution in [-0.2, 0) is 12.8 Å². The summed E-state index contributed by atoms with van der Waals surface area (Å²) >= 11 is 6.22. The summed E-state index contributed by atoms with van der Waals surface area (Å²) in [7, 11) is 1.72. The second kappa shape index (κ2) is 9.11. The van der Waals surface area contributed by atoms with E-state index >= 15 is 0 Å². The lowest BCUT2D eigenvalue weighted by molar-refractivity contribution is 0.251. The Hall–Kier alpha value is -2.21. The summed E-state index contributed by atoms with van der Waals surface area (Å²) in [5.74, 6) is 0.897. The molecule has 1 saturated heterocycles. The molecule has 0 bridgehead atoms. The van der Waals surface area contributed by atoms with Crippen molar-refractivity contribution >= 4 is 28.2 Å². The van der Waals surface area contributed by atoms with E-state index in [0.29, 0.717) is 6.04 Å². The lowest BCUT2D eigenvalue weighted by atomic mass is 9.91. The van der Waals surface area contributed by atoms with Crippen LogP contribution >= 0.6 is 11.6 Å². The number of H-pyrrole nitrogens is 1. The molecule has 0 saturated carbocycles. The van der Waals surface area contributed by atoms with Crippen molar-refractivity contribution in [3.05, 3.63) is 58.7 Å². The molecule has 2 heterocycles. The van der Waals surface area contributed by atoms with Gasteiger partial charge in [-0.1, -0.05) is 29.8 Å². The van der Waals surface area contributed by atoms with E-state index in [2.05, 4.69) is 44.4 Å². The number of rotatable bonds is 6. The fraction of sp³-hybridized carbons (Fsp3) is 0.440. The number of anilines is 1. The van der Waals surface area contributed by atoms with Gasteiger partial charge < -0.3 is 19.9 Å². The van der Waals surface area contributed by atoms with Crippen LogP contribution in [0.1, 0.15) is 17.7 Å². The summed E-state index contributed by atoms with van der Waals surface area (Å²) in [6.07, 6.45) is 3.48. The lowest BCUT2D eigenvalue weighted by Gasteiger charge is -2.37. The summed E-state index contributed by atoms with van der Waals surface area (Å²) in [5.41, 5.74) is 5.34. The first kappa shape index (κ1) is 20.7. The van der Waals surface area contributed by atoms with Gasteiger partial charge in [-0.15, -0.1) is 0 Å².